The Labute approximate surface area is 128 Å². The highest BCUT2D eigenvalue weighted by Crippen LogP contribution is 2.28. The van der Waals surface area contributed by atoms with E-state index < -0.39 is 0 Å². The highest BCUT2D eigenvalue weighted by atomic mass is 79.9. The van der Waals surface area contributed by atoms with Crippen molar-refractivity contribution in [3.63, 3.8) is 0 Å². The Hall–Kier alpha value is -0.940. The van der Waals surface area contributed by atoms with Crippen LogP contribution in [-0.2, 0) is 6.54 Å². The molecule has 0 aromatic heterocycles. The summed E-state index contributed by atoms with van der Waals surface area (Å²) in [6, 6.07) is 5.10. The Morgan fingerprint density at radius 1 is 1.35 bits per heavy atom. The average Bonchev–Trinajstić information content (AvgIpc) is 2.41. The highest BCUT2D eigenvalue weighted by molar-refractivity contribution is 9.10. The molecule has 1 aromatic rings. The molecule has 5 heteroatoms. The molecule has 2 rings (SSSR count). The molecule has 1 saturated carbocycles. The second-order valence-electron chi connectivity index (χ2n) is 5.79. The molecule has 1 aliphatic rings. The summed E-state index contributed by atoms with van der Waals surface area (Å²) < 4.78 is 0.881. The van der Waals surface area contributed by atoms with Crippen LogP contribution < -0.4 is 5.32 Å². The van der Waals surface area contributed by atoms with E-state index in [1.165, 1.54) is 25.7 Å². The van der Waals surface area contributed by atoms with Gasteiger partial charge >= 0.3 is 0 Å². The van der Waals surface area contributed by atoms with Gasteiger partial charge in [0.25, 0.3) is 5.69 Å². The molecule has 1 N–H and O–H groups in total. The molecular formula is C15H21BrN2O2. The summed E-state index contributed by atoms with van der Waals surface area (Å²) in [6.07, 6.45) is 5.16. The van der Waals surface area contributed by atoms with Gasteiger partial charge in [-0.25, -0.2) is 0 Å². The zero-order valence-corrected chi connectivity index (χ0v) is 13.4. The minimum Gasteiger partial charge on any atom is -0.312 e. The van der Waals surface area contributed by atoms with Crippen LogP contribution in [0.15, 0.2) is 22.7 Å². The summed E-state index contributed by atoms with van der Waals surface area (Å²) >= 11 is 3.37. The van der Waals surface area contributed by atoms with Gasteiger partial charge in [-0.1, -0.05) is 35.7 Å². The van der Waals surface area contributed by atoms with E-state index in [0.717, 1.165) is 28.4 Å². The first kappa shape index (κ1) is 15.4. The normalized spacial score (nSPS) is 22.7. The standard InChI is InChI=1S/C15H21BrN2O2/c1-11-2-4-12(5-3-11)9-17-10-13-8-14(16)6-7-15(13)18(19)20/h6-8,11-12,17H,2-5,9-10H2,1H3. The molecule has 110 valence electrons. The zero-order chi connectivity index (χ0) is 14.5. The first-order valence-electron chi connectivity index (χ1n) is 7.20. The number of nitro benzene ring substituents is 1. The van der Waals surface area contributed by atoms with Gasteiger partial charge < -0.3 is 5.32 Å². The van der Waals surface area contributed by atoms with Crippen LogP contribution in [0.3, 0.4) is 0 Å². The number of nitro groups is 1. The lowest BCUT2D eigenvalue weighted by Gasteiger charge is -2.26. The average molecular weight is 341 g/mol. The van der Waals surface area contributed by atoms with E-state index >= 15 is 0 Å². The van der Waals surface area contributed by atoms with Gasteiger partial charge in [0.2, 0.25) is 0 Å². The van der Waals surface area contributed by atoms with Gasteiger partial charge in [0.1, 0.15) is 0 Å². The van der Waals surface area contributed by atoms with Crippen molar-refractivity contribution in [3.05, 3.63) is 38.3 Å². The number of nitrogens with one attached hydrogen (secondary N) is 1. The smallest absolute Gasteiger partial charge is 0.273 e. The van der Waals surface area contributed by atoms with Crippen LogP contribution in [0.5, 0.6) is 0 Å². The lowest BCUT2D eigenvalue weighted by molar-refractivity contribution is -0.385. The van der Waals surface area contributed by atoms with Crippen LogP contribution in [0.25, 0.3) is 0 Å². The molecule has 0 aliphatic heterocycles. The van der Waals surface area contributed by atoms with Crippen LogP contribution in [0.1, 0.15) is 38.2 Å². The Morgan fingerprint density at radius 2 is 2.05 bits per heavy atom. The maximum Gasteiger partial charge on any atom is 0.273 e. The fourth-order valence-corrected chi connectivity index (χ4v) is 3.23. The molecule has 0 heterocycles. The zero-order valence-electron chi connectivity index (χ0n) is 11.8. The maximum absolute atomic E-state index is 11.0. The molecule has 0 radical (unpaired) electrons. The van der Waals surface area contributed by atoms with Crippen molar-refractivity contribution < 1.29 is 4.92 Å². The largest absolute Gasteiger partial charge is 0.312 e. The molecule has 0 saturated heterocycles. The third-order valence-corrected chi connectivity index (χ3v) is 4.62. The number of halogens is 1. The van der Waals surface area contributed by atoms with E-state index in [2.05, 4.69) is 28.2 Å². The van der Waals surface area contributed by atoms with E-state index in [9.17, 15) is 10.1 Å². The minimum absolute atomic E-state index is 0.193. The van der Waals surface area contributed by atoms with Crippen molar-refractivity contribution in [2.75, 3.05) is 6.54 Å². The van der Waals surface area contributed by atoms with Gasteiger partial charge in [0.05, 0.1) is 4.92 Å². The van der Waals surface area contributed by atoms with E-state index in [0.29, 0.717) is 6.54 Å². The summed E-state index contributed by atoms with van der Waals surface area (Å²) in [5, 5.41) is 14.4. The lowest BCUT2D eigenvalue weighted by Crippen LogP contribution is -2.26. The SMILES string of the molecule is CC1CCC(CNCc2cc(Br)ccc2[N+](=O)[O-])CC1. The first-order chi connectivity index (χ1) is 9.56. The van der Waals surface area contributed by atoms with Gasteiger partial charge in [-0.2, -0.15) is 0 Å². The molecule has 0 atom stereocenters. The van der Waals surface area contributed by atoms with Crippen LogP contribution >= 0.6 is 15.9 Å². The molecule has 1 aliphatic carbocycles. The van der Waals surface area contributed by atoms with E-state index in [4.69, 9.17) is 0 Å². The molecule has 1 fully saturated rings. The van der Waals surface area contributed by atoms with Gasteiger partial charge in [-0.05, 0) is 43.4 Å². The molecule has 0 amide bonds. The predicted octanol–water partition coefficient (Wildman–Crippen LogP) is 4.27. The van der Waals surface area contributed by atoms with Crippen molar-refractivity contribution >= 4 is 21.6 Å². The lowest BCUT2D eigenvalue weighted by atomic mass is 9.83. The van der Waals surface area contributed by atoms with Crippen LogP contribution in [0, 0.1) is 22.0 Å². The summed E-state index contributed by atoms with van der Waals surface area (Å²) in [5.74, 6) is 1.58. The van der Waals surface area contributed by atoms with Crippen molar-refractivity contribution in [2.45, 2.75) is 39.2 Å². The Morgan fingerprint density at radius 3 is 2.70 bits per heavy atom. The Balaban J connectivity index is 1.87. The highest BCUT2D eigenvalue weighted by Gasteiger charge is 2.18. The third-order valence-electron chi connectivity index (χ3n) is 4.12. The topological polar surface area (TPSA) is 55.2 Å². The number of nitrogens with zero attached hydrogens (tertiary/aromatic N) is 1. The van der Waals surface area contributed by atoms with E-state index in [-0.39, 0.29) is 10.6 Å². The quantitative estimate of drug-likeness (QED) is 0.643. The van der Waals surface area contributed by atoms with Gasteiger partial charge in [0.15, 0.2) is 0 Å². The van der Waals surface area contributed by atoms with Crippen LogP contribution in [0.2, 0.25) is 0 Å². The summed E-state index contributed by atoms with van der Waals surface area (Å²) in [7, 11) is 0. The molecule has 20 heavy (non-hydrogen) atoms. The van der Waals surface area contributed by atoms with Gasteiger partial charge in [-0.15, -0.1) is 0 Å². The van der Waals surface area contributed by atoms with Crippen molar-refractivity contribution in [2.24, 2.45) is 11.8 Å². The molecule has 1 aromatic carbocycles. The van der Waals surface area contributed by atoms with Crippen molar-refractivity contribution in [1.82, 2.24) is 5.32 Å². The monoisotopic (exact) mass is 340 g/mol. The summed E-state index contributed by atoms with van der Waals surface area (Å²) in [6.45, 7) is 3.83. The fraction of sp³-hybridized carbons (Fsp3) is 0.600. The molecular weight excluding hydrogens is 320 g/mol. The van der Waals surface area contributed by atoms with E-state index in [1.807, 2.05) is 6.07 Å². The number of benzene rings is 1. The second kappa shape index (κ2) is 7.18. The number of rotatable bonds is 5. The molecule has 4 nitrogen and oxygen atoms in total. The molecule has 0 bridgehead atoms. The van der Waals surface area contributed by atoms with Gasteiger partial charge in [0, 0.05) is 22.6 Å². The number of hydrogen-bond donors (Lipinski definition) is 1. The van der Waals surface area contributed by atoms with Crippen LogP contribution in [-0.4, -0.2) is 11.5 Å². The molecule has 0 spiro atoms. The van der Waals surface area contributed by atoms with Crippen LogP contribution in [0.4, 0.5) is 5.69 Å². The third kappa shape index (κ3) is 4.28. The van der Waals surface area contributed by atoms with E-state index in [1.54, 1.807) is 12.1 Å². The Bertz CT molecular complexity index is 471. The minimum atomic E-state index is -0.314. The second-order valence-corrected chi connectivity index (χ2v) is 6.70. The predicted molar refractivity (Wildman–Crippen MR) is 83.6 cm³/mol. The Kier molecular flexibility index (Phi) is 5.54. The summed E-state index contributed by atoms with van der Waals surface area (Å²) in [5.41, 5.74) is 0.937. The fourth-order valence-electron chi connectivity index (χ4n) is 2.82. The van der Waals surface area contributed by atoms with Gasteiger partial charge in [-0.3, -0.25) is 10.1 Å². The maximum atomic E-state index is 11.0. The van der Waals surface area contributed by atoms with Crippen molar-refractivity contribution in [3.8, 4) is 0 Å². The first-order valence-corrected chi connectivity index (χ1v) is 7.99. The molecule has 0 unspecified atom stereocenters. The summed E-state index contributed by atoms with van der Waals surface area (Å²) in [4.78, 5) is 10.7. The van der Waals surface area contributed by atoms with Crippen molar-refractivity contribution in [1.29, 1.82) is 0 Å². The number of hydrogen-bond acceptors (Lipinski definition) is 3.